The Morgan fingerprint density at radius 1 is 1.23 bits per heavy atom. The molecule has 1 aromatic heterocycles. The molecule has 1 aliphatic rings. The van der Waals surface area contributed by atoms with E-state index in [2.05, 4.69) is 10.1 Å². The minimum Gasteiger partial charge on any atom is -0.489 e. The second kappa shape index (κ2) is 7.94. The molecule has 0 aliphatic carbocycles. The summed E-state index contributed by atoms with van der Waals surface area (Å²) in [5.74, 6) is -0.426. The van der Waals surface area contributed by atoms with Crippen molar-refractivity contribution in [1.82, 2.24) is 4.98 Å². The Kier molecular flexibility index (Phi) is 5.18. The molecular formula is C23H20N2O5. The third-order valence-corrected chi connectivity index (χ3v) is 4.98. The van der Waals surface area contributed by atoms with E-state index in [1.807, 2.05) is 61.5 Å². The molecule has 0 amide bonds. The molecule has 2 aromatic carbocycles. The number of hydrogen-bond donors (Lipinski definition) is 1. The van der Waals surface area contributed by atoms with E-state index in [1.54, 1.807) is 0 Å². The van der Waals surface area contributed by atoms with Crippen LogP contribution in [-0.4, -0.2) is 33.7 Å². The average molecular weight is 404 g/mol. The number of ether oxygens (including phenoxy) is 1. The number of carboxylic acids is 1. The number of fused-ring (bicyclic) bond motifs is 1. The summed E-state index contributed by atoms with van der Waals surface area (Å²) in [5.41, 5.74) is 2.77. The lowest BCUT2D eigenvalue weighted by Gasteiger charge is -2.16. The van der Waals surface area contributed by atoms with Crippen LogP contribution in [0.4, 0.5) is 0 Å². The summed E-state index contributed by atoms with van der Waals surface area (Å²) < 4.78 is 5.95. The molecule has 7 heteroatoms. The van der Waals surface area contributed by atoms with Crippen molar-refractivity contribution < 1.29 is 24.3 Å². The molecule has 2 heterocycles. The molecule has 0 saturated heterocycles. The highest BCUT2D eigenvalue weighted by molar-refractivity contribution is 6.04. The van der Waals surface area contributed by atoms with Gasteiger partial charge in [-0.15, -0.1) is 0 Å². The average Bonchev–Trinajstić information content (AvgIpc) is 3.16. The number of nitrogens with zero attached hydrogens (tertiary/aromatic N) is 2. The van der Waals surface area contributed by atoms with Crippen LogP contribution in [0.1, 0.15) is 29.7 Å². The molecule has 30 heavy (non-hydrogen) atoms. The molecule has 0 bridgehead atoms. The van der Waals surface area contributed by atoms with Crippen LogP contribution < -0.4 is 4.74 Å². The number of rotatable bonds is 7. The summed E-state index contributed by atoms with van der Waals surface area (Å²) in [6.07, 6.45) is 0.200. The van der Waals surface area contributed by atoms with Gasteiger partial charge in [-0.3, -0.25) is 14.6 Å². The van der Waals surface area contributed by atoms with Crippen LogP contribution >= 0.6 is 0 Å². The number of pyridine rings is 1. The number of aromatic nitrogens is 1. The maximum atomic E-state index is 11.3. The Labute approximate surface area is 172 Å². The van der Waals surface area contributed by atoms with Gasteiger partial charge in [0.2, 0.25) is 5.60 Å². The summed E-state index contributed by atoms with van der Waals surface area (Å²) in [4.78, 5) is 32.0. The lowest BCUT2D eigenvalue weighted by molar-refractivity contribution is -0.148. The summed E-state index contributed by atoms with van der Waals surface area (Å²) in [7, 11) is 0. The highest BCUT2D eigenvalue weighted by Gasteiger charge is 2.41. The highest BCUT2D eigenvalue weighted by Crippen LogP contribution is 2.29. The first kappa shape index (κ1) is 19.6. The standard InChI is InChI=1S/C23H20N2O5/c1-15-10-17(19-4-2-3-5-20(19)24-15)13-29-18-8-6-16(7-9-18)21-11-23(14-26,30-25-21)12-22(27)28/h2-10,14H,11-13H2,1H3,(H,27,28). The number of carbonyl (C=O) groups is 2. The topological polar surface area (TPSA) is 98.1 Å². The number of aryl methyl sites for hydroxylation is 1. The lowest BCUT2D eigenvalue weighted by Crippen LogP contribution is -2.34. The normalized spacial score (nSPS) is 18.0. The summed E-state index contributed by atoms with van der Waals surface area (Å²) in [6.45, 7) is 2.36. The third-order valence-electron chi connectivity index (χ3n) is 4.98. The predicted molar refractivity (Wildman–Crippen MR) is 111 cm³/mol. The van der Waals surface area contributed by atoms with E-state index in [-0.39, 0.29) is 6.42 Å². The van der Waals surface area contributed by atoms with Crippen molar-refractivity contribution in [3.05, 3.63) is 71.4 Å². The van der Waals surface area contributed by atoms with Crippen molar-refractivity contribution in [1.29, 1.82) is 0 Å². The fraction of sp³-hybridized carbons (Fsp3) is 0.217. The van der Waals surface area contributed by atoms with Gasteiger partial charge in [0.1, 0.15) is 12.4 Å². The molecule has 1 N–H and O–H groups in total. The number of hydrogen-bond acceptors (Lipinski definition) is 6. The molecule has 3 aromatic rings. The minimum absolute atomic E-state index is 0.116. The molecule has 1 atom stereocenters. The Morgan fingerprint density at radius 3 is 2.73 bits per heavy atom. The molecule has 1 aliphatic heterocycles. The molecule has 0 fully saturated rings. The number of para-hydroxylation sites is 1. The monoisotopic (exact) mass is 404 g/mol. The van der Waals surface area contributed by atoms with Crippen LogP contribution in [0.5, 0.6) is 5.75 Å². The maximum Gasteiger partial charge on any atom is 0.308 e. The number of aldehydes is 1. The van der Waals surface area contributed by atoms with E-state index in [1.165, 1.54) is 0 Å². The van der Waals surface area contributed by atoms with E-state index in [0.29, 0.717) is 24.4 Å². The molecule has 0 saturated carbocycles. The fourth-order valence-corrected chi connectivity index (χ4v) is 3.52. The van der Waals surface area contributed by atoms with Gasteiger partial charge in [-0.05, 0) is 48.9 Å². The number of carboxylic acid groups (broad SMARTS) is 1. The zero-order valence-electron chi connectivity index (χ0n) is 16.4. The molecule has 152 valence electrons. The quantitative estimate of drug-likeness (QED) is 0.604. The van der Waals surface area contributed by atoms with Gasteiger partial charge < -0.3 is 14.7 Å². The van der Waals surface area contributed by atoms with Gasteiger partial charge in [0.15, 0.2) is 6.29 Å². The molecule has 4 rings (SSSR count). The molecular weight excluding hydrogens is 384 g/mol. The number of carbonyl (C=O) groups excluding carboxylic acids is 1. The summed E-state index contributed by atoms with van der Waals surface area (Å²) in [5, 5.41) is 14.0. The van der Waals surface area contributed by atoms with Crippen molar-refractivity contribution in [2.24, 2.45) is 5.16 Å². The largest absolute Gasteiger partial charge is 0.489 e. The molecule has 0 spiro atoms. The number of aliphatic carboxylic acids is 1. The van der Waals surface area contributed by atoms with Gasteiger partial charge in [0.25, 0.3) is 0 Å². The van der Waals surface area contributed by atoms with Crippen molar-refractivity contribution in [2.45, 2.75) is 32.0 Å². The first-order chi connectivity index (χ1) is 14.5. The van der Waals surface area contributed by atoms with E-state index in [4.69, 9.17) is 14.7 Å². The van der Waals surface area contributed by atoms with E-state index in [9.17, 15) is 9.59 Å². The van der Waals surface area contributed by atoms with Crippen LogP contribution in [0.15, 0.2) is 59.8 Å². The summed E-state index contributed by atoms with van der Waals surface area (Å²) >= 11 is 0. The SMILES string of the molecule is Cc1cc(COc2ccc(C3=NOC(C=O)(CC(=O)O)C3)cc2)c2ccccc2n1. The van der Waals surface area contributed by atoms with Crippen LogP contribution in [0.25, 0.3) is 10.9 Å². The fourth-order valence-electron chi connectivity index (χ4n) is 3.52. The summed E-state index contributed by atoms with van der Waals surface area (Å²) in [6, 6.07) is 17.2. The zero-order valence-corrected chi connectivity index (χ0v) is 16.4. The second-order valence-corrected chi connectivity index (χ2v) is 7.31. The van der Waals surface area contributed by atoms with Crippen molar-refractivity contribution in [3.63, 3.8) is 0 Å². The third kappa shape index (κ3) is 4.00. The Hall–Kier alpha value is -3.74. The van der Waals surface area contributed by atoms with Crippen LogP contribution in [-0.2, 0) is 21.0 Å². The lowest BCUT2D eigenvalue weighted by atomic mass is 9.92. The van der Waals surface area contributed by atoms with Crippen LogP contribution in [0.3, 0.4) is 0 Å². The minimum atomic E-state index is -1.43. The van der Waals surface area contributed by atoms with Crippen molar-refractivity contribution in [3.8, 4) is 5.75 Å². The van der Waals surface area contributed by atoms with Crippen LogP contribution in [0, 0.1) is 6.92 Å². The molecule has 0 radical (unpaired) electrons. The second-order valence-electron chi connectivity index (χ2n) is 7.31. The number of benzene rings is 2. The van der Waals surface area contributed by atoms with Crippen molar-refractivity contribution >= 4 is 28.9 Å². The van der Waals surface area contributed by atoms with Gasteiger partial charge in [-0.1, -0.05) is 23.4 Å². The Balaban J connectivity index is 1.45. The smallest absolute Gasteiger partial charge is 0.308 e. The Morgan fingerprint density at radius 2 is 2.00 bits per heavy atom. The highest BCUT2D eigenvalue weighted by atomic mass is 16.7. The zero-order chi connectivity index (χ0) is 21.1. The number of oxime groups is 1. The first-order valence-corrected chi connectivity index (χ1v) is 9.50. The van der Waals surface area contributed by atoms with Gasteiger partial charge in [0.05, 0.1) is 17.6 Å². The van der Waals surface area contributed by atoms with Gasteiger partial charge >= 0.3 is 5.97 Å². The van der Waals surface area contributed by atoms with Crippen molar-refractivity contribution in [2.75, 3.05) is 0 Å². The molecule has 7 nitrogen and oxygen atoms in total. The van der Waals surface area contributed by atoms with Crippen LogP contribution in [0.2, 0.25) is 0 Å². The van der Waals surface area contributed by atoms with Gasteiger partial charge in [0, 0.05) is 23.1 Å². The van der Waals surface area contributed by atoms with E-state index >= 15 is 0 Å². The van der Waals surface area contributed by atoms with E-state index in [0.717, 1.165) is 27.7 Å². The van der Waals surface area contributed by atoms with Gasteiger partial charge in [-0.25, -0.2) is 0 Å². The maximum absolute atomic E-state index is 11.3. The molecule has 1 unspecified atom stereocenters. The Bertz CT molecular complexity index is 1140. The predicted octanol–water partition coefficient (Wildman–Crippen LogP) is 3.66. The van der Waals surface area contributed by atoms with Gasteiger partial charge in [-0.2, -0.15) is 0 Å². The first-order valence-electron chi connectivity index (χ1n) is 9.50. The van der Waals surface area contributed by atoms with E-state index < -0.39 is 18.0 Å².